The first-order valence-electron chi connectivity index (χ1n) is 9.68. The van der Waals surface area contributed by atoms with E-state index >= 15 is 0 Å². The van der Waals surface area contributed by atoms with Gasteiger partial charge in [-0.25, -0.2) is 8.42 Å². The van der Waals surface area contributed by atoms with Crippen LogP contribution in [0.4, 0.5) is 5.69 Å². The summed E-state index contributed by atoms with van der Waals surface area (Å²) >= 11 is 3.32. The summed E-state index contributed by atoms with van der Waals surface area (Å²) < 4.78 is 27.1. The van der Waals surface area contributed by atoms with Gasteiger partial charge in [0.2, 0.25) is 10.0 Å². The van der Waals surface area contributed by atoms with Crippen LogP contribution in [-0.4, -0.2) is 31.7 Å². The average molecular weight is 459 g/mol. The number of benzene rings is 2. The van der Waals surface area contributed by atoms with Gasteiger partial charge in [0.05, 0.1) is 10.6 Å². The second-order valence-electron chi connectivity index (χ2n) is 7.01. The maximum atomic E-state index is 12.9. The lowest BCUT2D eigenvalue weighted by molar-refractivity contribution is 0.102. The number of nitrogens with zero attached hydrogens (tertiary/aromatic N) is 1. The number of nitrogens with one attached hydrogen (secondary N) is 1. The molecule has 2 aromatic carbocycles. The number of thioether (sulfide) groups is 1. The number of sulfonamides is 1. The molecule has 1 N–H and O–H groups in total. The Balaban J connectivity index is 1.51. The fraction of sp³-hybridized carbons (Fsp3) is 0.227. The second kappa shape index (κ2) is 9.34. The predicted octanol–water partition coefficient (Wildman–Crippen LogP) is 5.08. The number of hydrogen-bond donors (Lipinski definition) is 1. The molecule has 1 saturated heterocycles. The summed E-state index contributed by atoms with van der Waals surface area (Å²) in [5.41, 5.74) is 2.29. The Morgan fingerprint density at radius 2 is 1.87 bits per heavy atom. The normalized spacial score (nSPS) is 14.7. The van der Waals surface area contributed by atoms with Crippen LogP contribution < -0.4 is 5.32 Å². The fourth-order valence-electron chi connectivity index (χ4n) is 3.30. The van der Waals surface area contributed by atoms with E-state index in [4.69, 9.17) is 0 Å². The van der Waals surface area contributed by atoms with E-state index in [9.17, 15) is 13.2 Å². The zero-order chi connectivity index (χ0) is 21.0. The minimum atomic E-state index is -3.56. The van der Waals surface area contributed by atoms with Crippen molar-refractivity contribution in [2.24, 2.45) is 0 Å². The molecule has 1 aliphatic rings. The van der Waals surface area contributed by atoms with Crippen LogP contribution in [0.5, 0.6) is 0 Å². The van der Waals surface area contributed by atoms with Gasteiger partial charge in [0.15, 0.2) is 0 Å². The highest BCUT2D eigenvalue weighted by Gasteiger charge is 2.27. The van der Waals surface area contributed by atoms with Crippen molar-refractivity contribution in [2.75, 3.05) is 18.4 Å². The SMILES string of the molecule is O=C(Nc1ccccc1SCc1ccsc1)c1cccc(S(=O)(=O)N2CCCC2)c1. The number of amides is 1. The Morgan fingerprint density at radius 3 is 2.63 bits per heavy atom. The van der Waals surface area contributed by atoms with Crippen molar-refractivity contribution in [3.63, 3.8) is 0 Å². The molecule has 0 saturated carbocycles. The molecule has 0 radical (unpaired) electrons. The summed E-state index contributed by atoms with van der Waals surface area (Å²) in [5.74, 6) is 0.497. The van der Waals surface area contributed by atoms with Crippen LogP contribution in [0, 0.1) is 0 Å². The van der Waals surface area contributed by atoms with E-state index in [1.807, 2.05) is 29.6 Å². The number of carbonyl (C=O) groups excluding carboxylic acids is 1. The van der Waals surface area contributed by atoms with Crippen LogP contribution in [0.15, 0.2) is 75.1 Å². The Hall–Kier alpha value is -2.13. The third-order valence-corrected chi connectivity index (χ3v) is 8.68. The highest BCUT2D eigenvalue weighted by Crippen LogP contribution is 2.31. The third kappa shape index (κ3) is 4.78. The van der Waals surface area contributed by atoms with Gasteiger partial charge in [-0.05, 0) is 65.6 Å². The number of thiophene rings is 1. The van der Waals surface area contributed by atoms with Crippen LogP contribution in [0.2, 0.25) is 0 Å². The van der Waals surface area contributed by atoms with Crippen molar-refractivity contribution in [1.29, 1.82) is 0 Å². The highest BCUT2D eigenvalue weighted by atomic mass is 32.2. The molecule has 156 valence electrons. The van der Waals surface area contributed by atoms with Crippen LogP contribution >= 0.6 is 23.1 Å². The lowest BCUT2D eigenvalue weighted by Crippen LogP contribution is -2.28. The zero-order valence-electron chi connectivity index (χ0n) is 16.3. The van der Waals surface area contributed by atoms with E-state index in [-0.39, 0.29) is 10.8 Å². The Bertz CT molecular complexity index is 1120. The minimum Gasteiger partial charge on any atom is -0.321 e. The fourth-order valence-corrected chi connectivity index (χ4v) is 6.59. The van der Waals surface area contributed by atoms with Crippen LogP contribution in [0.25, 0.3) is 0 Å². The molecule has 0 aliphatic carbocycles. The maximum absolute atomic E-state index is 12.9. The number of rotatable bonds is 7. The largest absolute Gasteiger partial charge is 0.321 e. The summed E-state index contributed by atoms with van der Waals surface area (Å²) in [5, 5.41) is 7.10. The van der Waals surface area contributed by atoms with Gasteiger partial charge in [0.1, 0.15) is 0 Å². The van der Waals surface area contributed by atoms with Gasteiger partial charge in [-0.1, -0.05) is 18.2 Å². The topological polar surface area (TPSA) is 66.5 Å². The molecule has 30 heavy (non-hydrogen) atoms. The molecular weight excluding hydrogens is 436 g/mol. The Morgan fingerprint density at radius 1 is 1.07 bits per heavy atom. The number of carbonyl (C=O) groups is 1. The molecule has 1 aliphatic heterocycles. The van der Waals surface area contributed by atoms with Crippen molar-refractivity contribution in [3.05, 3.63) is 76.5 Å². The zero-order valence-corrected chi connectivity index (χ0v) is 18.7. The molecule has 0 unspecified atom stereocenters. The minimum absolute atomic E-state index is 0.164. The molecule has 1 aromatic heterocycles. The van der Waals surface area contributed by atoms with Gasteiger partial charge in [0.25, 0.3) is 5.91 Å². The molecule has 3 aromatic rings. The van der Waals surface area contributed by atoms with Gasteiger partial charge in [-0.3, -0.25) is 4.79 Å². The van der Waals surface area contributed by atoms with E-state index < -0.39 is 10.0 Å². The smallest absolute Gasteiger partial charge is 0.255 e. The maximum Gasteiger partial charge on any atom is 0.255 e. The molecule has 1 fully saturated rings. The van der Waals surface area contributed by atoms with E-state index in [0.29, 0.717) is 18.7 Å². The van der Waals surface area contributed by atoms with Crippen molar-refractivity contribution in [3.8, 4) is 0 Å². The average Bonchev–Trinajstić information content (AvgIpc) is 3.48. The molecule has 4 rings (SSSR count). The number of anilines is 1. The second-order valence-corrected chi connectivity index (χ2v) is 10.7. The lowest BCUT2D eigenvalue weighted by Gasteiger charge is -2.16. The van der Waals surface area contributed by atoms with Crippen LogP contribution in [0.1, 0.15) is 28.8 Å². The van der Waals surface area contributed by atoms with Gasteiger partial charge in [0, 0.05) is 29.3 Å². The molecule has 8 heteroatoms. The van der Waals surface area contributed by atoms with Gasteiger partial charge < -0.3 is 5.32 Å². The summed E-state index contributed by atoms with van der Waals surface area (Å²) in [6.45, 7) is 1.07. The quantitative estimate of drug-likeness (QED) is 0.502. The summed E-state index contributed by atoms with van der Waals surface area (Å²) in [4.78, 5) is 14.0. The van der Waals surface area contributed by atoms with Crippen LogP contribution in [-0.2, 0) is 15.8 Å². The van der Waals surface area contributed by atoms with E-state index in [2.05, 4.69) is 16.8 Å². The Kier molecular flexibility index (Phi) is 6.58. The summed E-state index contributed by atoms with van der Waals surface area (Å²) in [7, 11) is -3.56. The van der Waals surface area contributed by atoms with Crippen molar-refractivity contribution >= 4 is 44.7 Å². The summed E-state index contributed by atoms with van der Waals surface area (Å²) in [6, 6.07) is 16.0. The van der Waals surface area contributed by atoms with Crippen molar-refractivity contribution < 1.29 is 13.2 Å². The first kappa shape index (κ1) is 21.1. The third-order valence-electron chi connectivity index (χ3n) is 4.91. The Labute approximate surface area is 185 Å². The molecular formula is C22H22N2O3S3. The molecule has 0 atom stereocenters. The van der Waals surface area contributed by atoms with Gasteiger partial charge >= 0.3 is 0 Å². The molecule has 5 nitrogen and oxygen atoms in total. The lowest BCUT2D eigenvalue weighted by atomic mass is 10.2. The van der Waals surface area contributed by atoms with E-state index in [1.165, 1.54) is 15.9 Å². The molecule has 2 heterocycles. The van der Waals surface area contributed by atoms with E-state index in [1.54, 1.807) is 41.3 Å². The number of hydrogen-bond acceptors (Lipinski definition) is 5. The molecule has 0 spiro atoms. The van der Waals surface area contributed by atoms with Gasteiger partial charge in [-0.15, -0.1) is 11.8 Å². The van der Waals surface area contributed by atoms with E-state index in [0.717, 1.165) is 29.2 Å². The number of para-hydroxylation sites is 1. The van der Waals surface area contributed by atoms with Gasteiger partial charge in [-0.2, -0.15) is 15.6 Å². The van der Waals surface area contributed by atoms with Crippen LogP contribution in [0.3, 0.4) is 0 Å². The summed E-state index contributed by atoms with van der Waals surface area (Å²) in [6.07, 6.45) is 1.75. The predicted molar refractivity (Wildman–Crippen MR) is 123 cm³/mol. The molecule has 1 amide bonds. The molecule has 0 bridgehead atoms. The van der Waals surface area contributed by atoms with Crippen molar-refractivity contribution in [2.45, 2.75) is 28.4 Å². The van der Waals surface area contributed by atoms with Crippen molar-refractivity contribution in [1.82, 2.24) is 4.31 Å². The standard InChI is InChI=1S/C22H22N2O3S3/c25-22(18-6-5-7-19(14-18)30(26,27)24-11-3-4-12-24)23-20-8-1-2-9-21(20)29-16-17-10-13-28-15-17/h1-2,5-10,13-15H,3-4,11-12,16H2,(H,23,25). The first-order valence-corrected chi connectivity index (χ1v) is 13.1. The monoisotopic (exact) mass is 458 g/mol. The highest BCUT2D eigenvalue weighted by molar-refractivity contribution is 7.98. The first-order chi connectivity index (χ1) is 14.5.